The van der Waals surface area contributed by atoms with Crippen molar-refractivity contribution >= 4 is 28.6 Å². The molecule has 0 aliphatic carbocycles. The molecule has 1 aliphatic heterocycles. The number of aromatic amines is 1. The first-order valence-corrected chi connectivity index (χ1v) is 7.66. The number of aliphatic hydroxyl groups is 1. The monoisotopic (exact) mass is 278 g/mol. The molecule has 0 amide bonds. The van der Waals surface area contributed by atoms with Crippen molar-refractivity contribution in [2.45, 2.75) is 25.4 Å². The lowest BCUT2D eigenvalue weighted by Crippen LogP contribution is -2.40. The highest BCUT2D eigenvalue weighted by atomic mass is 32.2. The van der Waals surface area contributed by atoms with Gasteiger partial charge in [0.15, 0.2) is 0 Å². The molecule has 3 N–H and O–H groups in total. The summed E-state index contributed by atoms with van der Waals surface area (Å²) in [5.41, 5.74) is 1.35. The second-order valence-corrected chi connectivity index (χ2v) is 6.33. The highest BCUT2D eigenvalue weighted by Gasteiger charge is 2.29. The molecule has 0 spiro atoms. The van der Waals surface area contributed by atoms with Crippen LogP contribution in [0.25, 0.3) is 11.0 Å². The highest BCUT2D eigenvalue weighted by Crippen LogP contribution is 2.28. The number of hydrogen-bond acceptors (Lipinski definition) is 5. The number of anilines is 1. The molecule has 1 fully saturated rings. The van der Waals surface area contributed by atoms with E-state index in [2.05, 4.69) is 20.3 Å². The van der Waals surface area contributed by atoms with E-state index in [0.29, 0.717) is 6.54 Å². The molecule has 3 heterocycles. The van der Waals surface area contributed by atoms with Crippen LogP contribution in [0.3, 0.4) is 0 Å². The Labute approximate surface area is 116 Å². The van der Waals surface area contributed by atoms with Crippen LogP contribution in [0, 0.1) is 6.92 Å². The number of aromatic nitrogens is 3. The van der Waals surface area contributed by atoms with E-state index in [4.69, 9.17) is 0 Å². The number of thioether (sulfide) groups is 1. The maximum absolute atomic E-state index is 10.5. The van der Waals surface area contributed by atoms with Crippen molar-refractivity contribution in [2.75, 3.05) is 23.4 Å². The van der Waals surface area contributed by atoms with E-state index < -0.39 is 5.60 Å². The normalized spacial score (nSPS) is 18.6. The van der Waals surface area contributed by atoms with Crippen molar-refractivity contribution in [3.05, 3.63) is 18.1 Å². The van der Waals surface area contributed by atoms with Crippen molar-refractivity contribution in [1.29, 1.82) is 0 Å². The third kappa shape index (κ3) is 2.55. The molecule has 0 atom stereocenters. The molecule has 1 aliphatic rings. The Kier molecular flexibility index (Phi) is 3.36. The van der Waals surface area contributed by atoms with E-state index in [-0.39, 0.29) is 0 Å². The van der Waals surface area contributed by atoms with Crippen LogP contribution in [0.5, 0.6) is 0 Å². The van der Waals surface area contributed by atoms with Crippen molar-refractivity contribution in [1.82, 2.24) is 15.0 Å². The molecule has 2 aromatic rings. The predicted molar refractivity (Wildman–Crippen MR) is 78.6 cm³/mol. The molecule has 102 valence electrons. The first-order valence-electron chi connectivity index (χ1n) is 6.51. The summed E-state index contributed by atoms with van der Waals surface area (Å²) in [5.74, 6) is 2.86. The van der Waals surface area contributed by atoms with E-state index >= 15 is 0 Å². The van der Waals surface area contributed by atoms with Crippen LogP contribution in [0.4, 0.5) is 5.82 Å². The average molecular weight is 278 g/mol. The molecule has 0 bridgehead atoms. The molecule has 2 aromatic heterocycles. The van der Waals surface area contributed by atoms with Gasteiger partial charge >= 0.3 is 0 Å². The summed E-state index contributed by atoms with van der Waals surface area (Å²) in [7, 11) is 0. The van der Waals surface area contributed by atoms with Gasteiger partial charge in [-0.3, -0.25) is 0 Å². The Morgan fingerprint density at radius 2 is 2.21 bits per heavy atom. The predicted octanol–water partition coefficient (Wildman–Crippen LogP) is 1.94. The van der Waals surface area contributed by atoms with Crippen LogP contribution in [0.2, 0.25) is 0 Å². The third-order valence-corrected chi connectivity index (χ3v) is 4.66. The zero-order valence-electron chi connectivity index (χ0n) is 10.9. The number of nitrogens with zero attached hydrogens (tertiary/aromatic N) is 2. The van der Waals surface area contributed by atoms with E-state index in [9.17, 15) is 5.11 Å². The minimum atomic E-state index is -0.604. The van der Waals surface area contributed by atoms with Gasteiger partial charge < -0.3 is 15.4 Å². The minimum Gasteiger partial charge on any atom is -0.388 e. The van der Waals surface area contributed by atoms with Crippen LogP contribution in [0.1, 0.15) is 18.4 Å². The molecule has 3 rings (SSSR count). The zero-order chi connectivity index (χ0) is 13.3. The fourth-order valence-electron chi connectivity index (χ4n) is 2.43. The van der Waals surface area contributed by atoms with E-state index in [1.165, 1.54) is 0 Å². The van der Waals surface area contributed by atoms with Gasteiger partial charge in [-0.15, -0.1) is 0 Å². The largest absolute Gasteiger partial charge is 0.388 e. The summed E-state index contributed by atoms with van der Waals surface area (Å²) < 4.78 is 0. The Balaban J connectivity index is 1.80. The van der Waals surface area contributed by atoms with Gasteiger partial charge in [0.1, 0.15) is 17.8 Å². The Hall–Kier alpha value is -1.27. The molecule has 0 unspecified atom stereocenters. The SMILES string of the molecule is Cc1c[nH]c2ncnc(NCC3(O)CCSCC3)c12. The Bertz CT molecular complexity index is 577. The first-order chi connectivity index (χ1) is 9.18. The lowest BCUT2D eigenvalue weighted by molar-refractivity contribution is 0.0453. The molecule has 6 heteroatoms. The molecule has 1 saturated heterocycles. The molecule has 19 heavy (non-hydrogen) atoms. The number of hydrogen-bond donors (Lipinski definition) is 3. The molecule has 0 radical (unpaired) electrons. The van der Waals surface area contributed by atoms with E-state index in [1.54, 1.807) is 6.33 Å². The van der Waals surface area contributed by atoms with Crippen LogP contribution >= 0.6 is 11.8 Å². The van der Waals surface area contributed by atoms with Gasteiger partial charge in [0.2, 0.25) is 0 Å². The maximum atomic E-state index is 10.5. The second kappa shape index (κ2) is 5.02. The molecule has 0 saturated carbocycles. The second-order valence-electron chi connectivity index (χ2n) is 5.11. The number of H-pyrrole nitrogens is 1. The van der Waals surface area contributed by atoms with Gasteiger partial charge in [-0.2, -0.15) is 11.8 Å². The lowest BCUT2D eigenvalue weighted by atomic mass is 9.97. The van der Waals surface area contributed by atoms with Gasteiger partial charge in [-0.05, 0) is 36.8 Å². The van der Waals surface area contributed by atoms with Crippen LogP contribution in [-0.2, 0) is 0 Å². The van der Waals surface area contributed by atoms with Gasteiger partial charge in [0.05, 0.1) is 11.0 Å². The standard InChI is InChI=1S/C13H18N4OS/c1-9-6-14-11-10(9)12(17-8-16-11)15-7-13(18)2-4-19-5-3-13/h6,8,18H,2-5,7H2,1H3,(H2,14,15,16,17). The quantitative estimate of drug-likeness (QED) is 0.800. The highest BCUT2D eigenvalue weighted by molar-refractivity contribution is 7.99. The Morgan fingerprint density at radius 3 is 3.00 bits per heavy atom. The fraction of sp³-hybridized carbons (Fsp3) is 0.538. The summed E-state index contributed by atoms with van der Waals surface area (Å²) in [6.45, 7) is 2.57. The minimum absolute atomic E-state index is 0.546. The molecular formula is C13H18N4OS. The summed E-state index contributed by atoms with van der Waals surface area (Å²) in [5, 5.41) is 14.8. The summed E-state index contributed by atoms with van der Waals surface area (Å²) in [4.78, 5) is 11.6. The summed E-state index contributed by atoms with van der Waals surface area (Å²) >= 11 is 1.91. The van der Waals surface area contributed by atoms with Crippen LogP contribution < -0.4 is 5.32 Å². The average Bonchev–Trinajstić information content (AvgIpc) is 2.80. The van der Waals surface area contributed by atoms with Gasteiger partial charge in [0, 0.05) is 12.7 Å². The number of aryl methyl sites for hydroxylation is 1. The lowest BCUT2D eigenvalue weighted by Gasteiger charge is -2.32. The smallest absolute Gasteiger partial charge is 0.143 e. The van der Waals surface area contributed by atoms with Crippen molar-refractivity contribution < 1.29 is 5.11 Å². The zero-order valence-corrected chi connectivity index (χ0v) is 11.8. The molecule has 5 nitrogen and oxygen atoms in total. The van der Waals surface area contributed by atoms with Crippen LogP contribution in [-0.4, -0.2) is 43.7 Å². The number of nitrogens with one attached hydrogen (secondary N) is 2. The maximum Gasteiger partial charge on any atom is 0.143 e. The van der Waals surface area contributed by atoms with Crippen molar-refractivity contribution in [3.63, 3.8) is 0 Å². The summed E-state index contributed by atoms with van der Waals surface area (Å²) in [6, 6.07) is 0. The third-order valence-electron chi connectivity index (χ3n) is 3.68. The van der Waals surface area contributed by atoms with Gasteiger partial charge in [0.25, 0.3) is 0 Å². The number of rotatable bonds is 3. The summed E-state index contributed by atoms with van der Waals surface area (Å²) in [6.07, 6.45) is 5.15. The van der Waals surface area contributed by atoms with E-state index in [1.807, 2.05) is 24.9 Å². The fourth-order valence-corrected chi connectivity index (χ4v) is 3.68. The Morgan fingerprint density at radius 1 is 1.42 bits per heavy atom. The van der Waals surface area contributed by atoms with Gasteiger partial charge in [-0.25, -0.2) is 9.97 Å². The van der Waals surface area contributed by atoms with Crippen LogP contribution in [0.15, 0.2) is 12.5 Å². The topological polar surface area (TPSA) is 73.8 Å². The van der Waals surface area contributed by atoms with Crippen molar-refractivity contribution in [3.8, 4) is 0 Å². The van der Waals surface area contributed by atoms with Gasteiger partial charge in [-0.1, -0.05) is 0 Å². The first kappa shape index (κ1) is 12.7. The van der Waals surface area contributed by atoms with E-state index in [0.717, 1.165) is 46.8 Å². The molecule has 0 aromatic carbocycles. The van der Waals surface area contributed by atoms with Crippen molar-refractivity contribution in [2.24, 2.45) is 0 Å². The number of fused-ring (bicyclic) bond motifs is 1. The molecular weight excluding hydrogens is 260 g/mol.